The summed E-state index contributed by atoms with van der Waals surface area (Å²) in [7, 11) is 0. The standard InChI is InChI=1S/C11H23NO2/c1-6-9(7-2)8(3)12-10(13)11(4,5)14/h8-9,14H,6-7H2,1-5H3,(H,12,13). The van der Waals surface area contributed by atoms with Gasteiger partial charge in [0.2, 0.25) is 0 Å². The Labute approximate surface area is 86.9 Å². The van der Waals surface area contributed by atoms with Crippen molar-refractivity contribution in [2.45, 2.75) is 59.1 Å². The average molecular weight is 201 g/mol. The molecule has 0 bridgehead atoms. The summed E-state index contributed by atoms with van der Waals surface area (Å²) in [6.45, 7) is 9.22. The fraction of sp³-hybridized carbons (Fsp3) is 0.909. The Morgan fingerprint density at radius 1 is 1.36 bits per heavy atom. The van der Waals surface area contributed by atoms with E-state index >= 15 is 0 Å². The van der Waals surface area contributed by atoms with Crippen molar-refractivity contribution in [2.24, 2.45) is 5.92 Å². The highest BCUT2D eigenvalue weighted by Crippen LogP contribution is 2.13. The number of amides is 1. The molecule has 0 heterocycles. The van der Waals surface area contributed by atoms with Crippen LogP contribution in [0.25, 0.3) is 0 Å². The molecule has 0 radical (unpaired) electrons. The molecule has 1 atom stereocenters. The molecule has 0 saturated carbocycles. The van der Waals surface area contributed by atoms with Gasteiger partial charge in [0, 0.05) is 6.04 Å². The Kier molecular flexibility index (Phi) is 5.13. The van der Waals surface area contributed by atoms with Crippen molar-refractivity contribution < 1.29 is 9.90 Å². The Balaban J connectivity index is 4.18. The van der Waals surface area contributed by atoms with Crippen LogP contribution in [0.5, 0.6) is 0 Å². The van der Waals surface area contributed by atoms with Crippen LogP contribution < -0.4 is 5.32 Å². The summed E-state index contributed by atoms with van der Waals surface area (Å²) < 4.78 is 0. The second-order valence-electron chi connectivity index (χ2n) is 4.40. The lowest BCUT2D eigenvalue weighted by Crippen LogP contribution is -2.47. The van der Waals surface area contributed by atoms with Crippen LogP contribution in [0, 0.1) is 5.92 Å². The van der Waals surface area contributed by atoms with Gasteiger partial charge in [-0.25, -0.2) is 0 Å². The topological polar surface area (TPSA) is 49.3 Å². The van der Waals surface area contributed by atoms with Gasteiger partial charge < -0.3 is 10.4 Å². The van der Waals surface area contributed by atoms with Crippen LogP contribution in [0.3, 0.4) is 0 Å². The fourth-order valence-electron chi connectivity index (χ4n) is 1.50. The monoisotopic (exact) mass is 201 g/mol. The predicted molar refractivity (Wildman–Crippen MR) is 58.0 cm³/mol. The van der Waals surface area contributed by atoms with Crippen LogP contribution in [-0.4, -0.2) is 22.7 Å². The molecule has 0 aliphatic heterocycles. The van der Waals surface area contributed by atoms with Gasteiger partial charge in [-0.05, 0) is 26.7 Å². The van der Waals surface area contributed by atoms with E-state index in [2.05, 4.69) is 19.2 Å². The van der Waals surface area contributed by atoms with E-state index in [-0.39, 0.29) is 11.9 Å². The van der Waals surface area contributed by atoms with Crippen molar-refractivity contribution in [1.82, 2.24) is 5.32 Å². The highest BCUT2D eigenvalue weighted by atomic mass is 16.3. The molecule has 1 unspecified atom stereocenters. The van der Waals surface area contributed by atoms with Crippen molar-refractivity contribution in [3.63, 3.8) is 0 Å². The molecule has 0 aromatic carbocycles. The number of carbonyl (C=O) groups excluding carboxylic acids is 1. The molecule has 1 amide bonds. The summed E-state index contributed by atoms with van der Waals surface area (Å²) >= 11 is 0. The highest BCUT2D eigenvalue weighted by molar-refractivity contribution is 5.84. The predicted octanol–water partition coefficient (Wildman–Crippen LogP) is 1.70. The fourth-order valence-corrected chi connectivity index (χ4v) is 1.50. The zero-order valence-corrected chi connectivity index (χ0v) is 9.92. The first-order valence-corrected chi connectivity index (χ1v) is 5.36. The van der Waals surface area contributed by atoms with Gasteiger partial charge in [-0.3, -0.25) is 4.79 Å². The van der Waals surface area contributed by atoms with E-state index in [0.29, 0.717) is 5.92 Å². The molecular weight excluding hydrogens is 178 g/mol. The molecule has 2 N–H and O–H groups in total. The van der Waals surface area contributed by atoms with Crippen LogP contribution in [0.4, 0.5) is 0 Å². The smallest absolute Gasteiger partial charge is 0.251 e. The molecule has 0 saturated heterocycles. The number of hydrogen-bond donors (Lipinski definition) is 2. The van der Waals surface area contributed by atoms with Gasteiger partial charge in [-0.1, -0.05) is 26.7 Å². The Bertz CT molecular complexity index is 180. The average Bonchev–Trinajstić information content (AvgIpc) is 2.04. The molecule has 0 aromatic heterocycles. The largest absolute Gasteiger partial charge is 0.381 e. The molecule has 0 aromatic rings. The molecule has 14 heavy (non-hydrogen) atoms. The first kappa shape index (κ1) is 13.4. The van der Waals surface area contributed by atoms with E-state index < -0.39 is 5.60 Å². The minimum atomic E-state index is -1.28. The first-order valence-electron chi connectivity index (χ1n) is 5.36. The molecule has 0 fully saturated rings. The molecule has 0 spiro atoms. The minimum Gasteiger partial charge on any atom is -0.381 e. The zero-order chi connectivity index (χ0) is 11.4. The molecule has 84 valence electrons. The van der Waals surface area contributed by atoms with Crippen molar-refractivity contribution >= 4 is 5.91 Å². The number of rotatable bonds is 5. The molecule has 3 heteroatoms. The third kappa shape index (κ3) is 4.09. The molecule has 0 aliphatic carbocycles. The third-order valence-corrected chi connectivity index (χ3v) is 2.67. The van der Waals surface area contributed by atoms with Gasteiger partial charge >= 0.3 is 0 Å². The Morgan fingerprint density at radius 3 is 2.07 bits per heavy atom. The first-order chi connectivity index (χ1) is 6.32. The molecular formula is C11H23NO2. The maximum atomic E-state index is 11.5. The van der Waals surface area contributed by atoms with E-state index in [4.69, 9.17) is 0 Å². The van der Waals surface area contributed by atoms with Crippen LogP contribution in [0.2, 0.25) is 0 Å². The van der Waals surface area contributed by atoms with Crippen molar-refractivity contribution in [3.8, 4) is 0 Å². The molecule has 0 aliphatic rings. The summed E-state index contributed by atoms with van der Waals surface area (Å²) in [5, 5.41) is 12.3. The maximum Gasteiger partial charge on any atom is 0.251 e. The van der Waals surface area contributed by atoms with E-state index in [9.17, 15) is 9.90 Å². The molecule has 0 rings (SSSR count). The summed E-state index contributed by atoms with van der Waals surface area (Å²) in [5.41, 5.74) is -1.28. The lowest BCUT2D eigenvalue weighted by Gasteiger charge is -2.26. The van der Waals surface area contributed by atoms with E-state index in [1.165, 1.54) is 13.8 Å². The summed E-state index contributed by atoms with van der Waals surface area (Å²) in [6, 6.07) is 0.129. The van der Waals surface area contributed by atoms with Crippen LogP contribution in [-0.2, 0) is 4.79 Å². The van der Waals surface area contributed by atoms with Crippen LogP contribution in [0.15, 0.2) is 0 Å². The Morgan fingerprint density at radius 2 is 1.79 bits per heavy atom. The van der Waals surface area contributed by atoms with Gasteiger partial charge in [0.05, 0.1) is 0 Å². The Hall–Kier alpha value is -0.570. The van der Waals surface area contributed by atoms with E-state index in [0.717, 1.165) is 12.8 Å². The van der Waals surface area contributed by atoms with E-state index in [1.54, 1.807) is 0 Å². The second-order valence-corrected chi connectivity index (χ2v) is 4.40. The highest BCUT2D eigenvalue weighted by Gasteiger charge is 2.26. The zero-order valence-electron chi connectivity index (χ0n) is 9.92. The number of aliphatic hydroxyl groups is 1. The number of hydrogen-bond acceptors (Lipinski definition) is 2. The summed E-state index contributed by atoms with van der Waals surface area (Å²) in [4.78, 5) is 11.5. The van der Waals surface area contributed by atoms with Gasteiger partial charge in [-0.15, -0.1) is 0 Å². The van der Waals surface area contributed by atoms with Crippen LogP contribution in [0.1, 0.15) is 47.5 Å². The molecule has 3 nitrogen and oxygen atoms in total. The van der Waals surface area contributed by atoms with E-state index in [1.807, 2.05) is 6.92 Å². The van der Waals surface area contributed by atoms with Crippen molar-refractivity contribution in [2.75, 3.05) is 0 Å². The normalized spacial score (nSPS) is 14.2. The van der Waals surface area contributed by atoms with Gasteiger partial charge in [0.15, 0.2) is 0 Å². The van der Waals surface area contributed by atoms with Gasteiger partial charge in [0.25, 0.3) is 5.91 Å². The maximum absolute atomic E-state index is 11.5. The SMILES string of the molecule is CCC(CC)C(C)NC(=O)C(C)(C)O. The third-order valence-electron chi connectivity index (χ3n) is 2.67. The minimum absolute atomic E-state index is 0.129. The van der Waals surface area contributed by atoms with Crippen LogP contribution >= 0.6 is 0 Å². The second kappa shape index (κ2) is 5.35. The number of nitrogens with one attached hydrogen (secondary N) is 1. The lowest BCUT2D eigenvalue weighted by molar-refractivity contribution is -0.137. The van der Waals surface area contributed by atoms with Gasteiger partial charge in [-0.2, -0.15) is 0 Å². The van der Waals surface area contributed by atoms with Crippen molar-refractivity contribution in [3.05, 3.63) is 0 Å². The van der Waals surface area contributed by atoms with Crippen molar-refractivity contribution in [1.29, 1.82) is 0 Å². The summed E-state index contributed by atoms with van der Waals surface area (Å²) in [5.74, 6) is 0.193. The lowest BCUT2D eigenvalue weighted by atomic mass is 9.95. The number of carbonyl (C=O) groups is 1. The van der Waals surface area contributed by atoms with Gasteiger partial charge in [0.1, 0.15) is 5.60 Å². The summed E-state index contributed by atoms with van der Waals surface area (Å²) in [6.07, 6.45) is 2.09. The quantitative estimate of drug-likeness (QED) is 0.711.